The van der Waals surface area contributed by atoms with E-state index in [-0.39, 0.29) is 5.41 Å². The predicted octanol–water partition coefficient (Wildman–Crippen LogP) is 4.16. The fraction of sp³-hybridized carbons (Fsp3) is 0.750. The van der Waals surface area contributed by atoms with Gasteiger partial charge in [0.25, 0.3) is 0 Å². The minimum Gasteiger partial charge on any atom is -0.237 e. The van der Waals surface area contributed by atoms with Crippen molar-refractivity contribution in [2.45, 2.75) is 57.3 Å². The van der Waals surface area contributed by atoms with E-state index < -0.39 is 0 Å². The average Bonchev–Trinajstić information content (AvgIpc) is 2.36. The third-order valence-electron chi connectivity index (χ3n) is 5.62. The van der Waals surface area contributed by atoms with Gasteiger partial charge in [0.05, 0.1) is 0 Å². The molecule has 4 saturated carbocycles. The summed E-state index contributed by atoms with van der Waals surface area (Å²) in [5.41, 5.74) is 1.37. The van der Waals surface area contributed by atoms with Crippen molar-refractivity contribution in [3.8, 4) is 0 Å². The molecule has 4 aliphatic rings. The van der Waals surface area contributed by atoms with Crippen LogP contribution >= 0.6 is 11.6 Å². The molecule has 0 radical (unpaired) electrons. The highest BCUT2D eigenvalue weighted by Crippen LogP contribution is 2.60. The lowest BCUT2D eigenvalue weighted by Crippen LogP contribution is -2.49. The molecule has 4 fully saturated rings. The van der Waals surface area contributed by atoms with Crippen molar-refractivity contribution in [3.63, 3.8) is 0 Å². The minimum absolute atomic E-state index is 0.267. The maximum atomic E-state index is 6.22. The molecular formula is C16H21ClN2. The Morgan fingerprint density at radius 3 is 2.21 bits per heavy atom. The van der Waals surface area contributed by atoms with Gasteiger partial charge in [-0.05, 0) is 68.8 Å². The molecule has 102 valence electrons. The molecule has 4 bridgehead atoms. The molecule has 5 rings (SSSR count). The van der Waals surface area contributed by atoms with E-state index in [1.54, 1.807) is 0 Å². The van der Waals surface area contributed by atoms with E-state index in [0.29, 0.717) is 5.15 Å². The highest BCUT2D eigenvalue weighted by atomic mass is 35.5. The summed E-state index contributed by atoms with van der Waals surface area (Å²) in [6.07, 6.45) is 9.25. The van der Waals surface area contributed by atoms with Crippen molar-refractivity contribution in [1.82, 2.24) is 9.97 Å². The summed E-state index contributed by atoms with van der Waals surface area (Å²) in [6, 6.07) is 1.92. The first kappa shape index (κ1) is 12.1. The number of hydrogen-bond donors (Lipinski definition) is 0. The Morgan fingerprint density at radius 1 is 1.11 bits per heavy atom. The lowest BCUT2D eigenvalue weighted by molar-refractivity contribution is -0.00948. The van der Waals surface area contributed by atoms with Crippen LogP contribution in [0.15, 0.2) is 6.07 Å². The number of aromatic nitrogens is 2. The molecule has 0 amide bonds. The monoisotopic (exact) mass is 276 g/mol. The molecule has 0 spiro atoms. The van der Waals surface area contributed by atoms with Gasteiger partial charge in [-0.25, -0.2) is 9.97 Å². The zero-order chi connectivity index (χ0) is 13.0. The van der Waals surface area contributed by atoms with Gasteiger partial charge in [-0.2, -0.15) is 0 Å². The topological polar surface area (TPSA) is 25.8 Å². The molecular weight excluding hydrogens is 256 g/mol. The summed E-state index contributed by atoms with van der Waals surface area (Å²) >= 11 is 6.22. The molecule has 1 aromatic rings. The first-order chi connectivity index (χ1) is 9.17. The molecule has 1 heterocycles. The smallest absolute Gasteiger partial charge is 0.136 e. The Labute approximate surface area is 120 Å². The molecule has 0 atom stereocenters. The van der Waals surface area contributed by atoms with E-state index in [1.807, 2.05) is 6.07 Å². The summed E-state index contributed by atoms with van der Waals surface area (Å²) in [7, 11) is 0. The van der Waals surface area contributed by atoms with Gasteiger partial charge in [0.2, 0.25) is 0 Å². The van der Waals surface area contributed by atoms with Gasteiger partial charge in [-0.15, -0.1) is 0 Å². The zero-order valence-electron chi connectivity index (χ0n) is 11.5. The van der Waals surface area contributed by atoms with E-state index in [4.69, 9.17) is 16.6 Å². The normalized spacial score (nSPS) is 39.8. The summed E-state index contributed by atoms with van der Waals surface area (Å²) in [5.74, 6) is 3.85. The summed E-state index contributed by atoms with van der Waals surface area (Å²) in [4.78, 5) is 9.47. The van der Waals surface area contributed by atoms with Gasteiger partial charge in [-0.3, -0.25) is 0 Å². The Hall–Kier alpha value is -0.630. The van der Waals surface area contributed by atoms with E-state index in [2.05, 4.69) is 11.9 Å². The van der Waals surface area contributed by atoms with Crippen molar-refractivity contribution >= 4 is 11.6 Å². The lowest BCUT2D eigenvalue weighted by Gasteiger charge is -2.56. The number of hydrogen-bond acceptors (Lipinski definition) is 2. The summed E-state index contributed by atoms with van der Waals surface area (Å²) < 4.78 is 0. The van der Waals surface area contributed by atoms with E-state index in [9.17, 15) is 0 Å². The maximum absolute atomic E-state index is 6.22. The van der Waals surface area contributed by atoms with Crippen LogP contribution in [0.25, 0.3) is 0 Å². The second-order valence-electron chi connectivity index (χ2n) is 7.06. The van der Waals surface area contributed by atoms with Crippen molar-refractivity contribution in [2.24, 2.45) is 17.8 Å². The molecule has 0 unspecified atom stereocenters. The van der Waals surface area contributed by atoms with Crippen LogP contribution in [0.2, 0.25) is 5.15 Å². The fourth-order valence-corrected chi connectivity index (χ4v) is 5.47. The largest absolute Gasteiger partial charge is 0.237 e. The quantitative estimate of drug-likeness (QED) is 0.758. The zero-order valence-corrected chi connectivity index (χ0v) is 12.3. The standard InChI is InChI=1S/C16H21ClN2/c1-2-13-6-14(17)19-15(18-13)16-7-10-3-11(8-16)5-12(4-10)9-16/h6,10-12H,2-5,7-9H2,1H3. The van der Waals surface area contributed by atoms with Crippen LogP contribution < -0.4 is 0 Å². The first-order valence-corrected chi connectivity index (χ1v) is 8.08. The molecule has 0 saturated heterocycles. The lowest BCUT2D eigenvalue weighted by atomic mass is 9.49. The van der Waals surface area contributed by atoms with Crippen molar-refractivity contribution in [3.05, 3.63) is 22.7 Å². The van der Waals surface area contributed by atoms with Crippen LogP contribution in [0.3, 0.4) is 0 Å². The Kier molecular flexibility index (Phi) is 2.67. The van der Waals surface area contributed by atoms with Gasteiger partial charge in [0.1, 0.15) is 11.0 Å². The van der Waals surface area contributed by atoms with Crippen LogP contribution in [0.5, 0.6) is 0 Å². The molecule has 1 aromatic heterocycles. The number of rotatable bonds is 2. The summed E-state index contributed by atoms with van der Waals surface area (Å²) in [5, 5.41) is 0.637. The second-order valence-corrected chi connectivity index (χ2v) is 7.44. The van der Waals surface area contributed by atoms with Crippen molar-refractivity contribution < 1.29 is 0 Å². The van der Waals surface area contributed by atoms with Crippen LogP contribution in [-0.2, 0) is 11.8 Å². The van der Waals surface area contributed by atoms with Crippen LogP contribution in [0, 0.1) is 17.8 Å². The van der Waals surface area contributed by atoms with Gasteiger partial charge >= 0.3 is 0 Å². The molecule has 0 aliphatic heterocycles. The third-order valence-corrected chi connectivity index (χ3v) is 5.82. The second kappa shape index (κ2) is 4.18. The molecule has 3 heteroatoms. The fourth-order valence-electron chi connectivity index (χ4n) is 5.27. The van der Waals surface area contributed by atoms with E-state index in [1.165, 1.54) is 38.5 Å². The van der Waals surface area contributed by atoms with Crippen molar-refractivity contribution in [2.75, 3.05) is 0 Å². The average molecular weight is 277 g/mol. The summed E-state index contributed by atoms with van der Waals surface area (Å²) in [6.45, 7) is 2.14. The van der Waals surface area contributed by atoms with Crippen LogP contribution in [0.4, 0.5) is 0 Å². The Morgan fingerprint density at radius 2 is 1.68 bits per heavy atom. The van der Waals surface area contributed by atoms with Crippen molar-refractivity contribution in [1.29, 1.82) is 0 Å². The van der Waals surface area contributed by atoms with Crippen LogP contribution in [-0.4, -0.2) is 9.97 Å². The van der Waals surface area contributed by atoms with Crippen LogP contribution in [0.1, 0.15) is 57.0 Å². The number of nitrogens with zero attached hydrogens (tertiary/aromatic N) is 2. The molecule has 2 nitrogen and oxygen atoms in total. The van der Waals surface area contributed by atoms with E-state index >= 15 is 0 Å². The van der Waals surface area contributed by atoms with Gasteiger partial charge < -0.3 is 0 Å². The highest BCUT2D eigenvalue weighted by molar-refractivity contribution is 6.29. The van der Waals surface area contributed by atoms with Gasteiger partial charge in [-0.1, -0.05) is 18.5 Å². The van der Waals surface area contributed by atoms with Gasteiger partial charge in [0.15, 0.2) is 0 Å². The highest BCUT2D eigenvalue weighted by Gasteiger charge is 2.53. The number of aryl methyl sites for hydroxylation is 1. The number of halogens is 1. The van der Waals surface area contributed by atoms with E-state index in [0.717, 1.165) is 35.7 Å². The minimum atomic E-state index is 0.267. The van der Waals surface area contributed by atoms with Gasteiger partial charge in [0, 0.05) is 11.1 Å². The Balaban J connectivity index is 1.77. The SMILES string of the molecule is CCc1cc(Cl)nc(C23CC4CC(CC(C4)C2)C3)n1. The molecule has 0 N–H and O–H groups in total. The molecule has 19 heavy (non-hydrogen) atoms. The molecule has 4 aliphatic carbocycles. The third kappa shape index (κ3) is 1.91. The maximum Gasteiger partial charge on any atom is 0.136 e. The predicted molar refractivity (Wildman–Crippen MR) is 76.3 cm³/mol. The molecule has 0 aromatic carbocycles. The first-order valence-electron chi connectivity index (χ1n) is 7.71. The Bertz CT molecular complexity index is 476.